The molecule has 0 bridgehead atoms. The smallest absolute Gasteiger partial charge is 0.261 e. The minimum atomic E-state index is -3.68. The van der Waals surface area contributed by atoms with Gasteiger partial charge in [0.2, 0.25) is 5.56 Å². The fourth-order valence-electron chi connectivity index (χ4n) is 2.37. The minimum absolute atomic E-state index is 0.152. The molecule has 0 radical (unpaired) electrons. The van der Waals surface area contributed by atoms with Gasteiger partial charge in [-0.2, -0.15) is 0 Å². The molecule has 0 aliphatic rings. The van der Waals surface area contributed by atoms with Crippen LogP contribution in [0.3, 0.4) is 0 Å². The molecular formula is C17H16N2O3S. The van der Waals surface area contributed by atoms with Crippen LogP contribution in [0.1, 0.15) is 12.5 Å². The molecule has 1 aromatic heterocycles. The largest absolute Gasteiger partial charge is 0.322 e. The van der Waals surface area contributed by atoms with Crippen molar-refractivity contribution in [2.75, 3.05) is 4.72 Å². The van der Waals surface area contributed by atoms with E-state index in [1.807, 2.05) is 25.1 Å². The van der Waals surface area contributed by atoms with Gasteiger partial charge in [-0.05, 0) is 53.8 Å². The summed E-state index contributed by atoms with van der Waals surface area (Å²) < 4.78 is 27.6. The standard InChI is InChI=1S/C17H16N2O3S/c1-2-12-4-3-5-14(10-12)19-23(21,22)15-7-8-16-13(11-15)6-9-17(20)18-16/h3-11,19H,2H2,1H3,(H,18,20). The zero-order valence-corrected chi connectivity index (χ0v) is 13.4. The van der Waals surface area contributed by atoms with Gasteiger partial charge in [0.05, 0.1) is 4.90 Å². The third-order valence-corrected chi connectivity index (χ3v) is 4.97. The molecular weight excluding hydrogens is 312 g/mol. The highest BCUT2D eigenvalue weighted by molar-refractivity contribution is 7.92. The van der Waals surface area contributed by atoms with Gasteiger partial charge in [-0.15, -0.1) is 0 Å². The zero-order chi connectivity index (χ0) is 16.4. The molecule has 5 nitrogen and oxygen atoms in total. The van der Waals surface area contributed by atoms with Crippen molar-refractivity contribution < 1.29 is 8.42 Å². The molecule has 0 aliphatic heterocycles. The normalized spacial score (nSPS) is 11.5. The Bertz CT molecular complexity index is 1020. The van der Waals surface area contributed by atoms with E-state index < -0.39 is 10.0 Å². The summed E-state index contributed by atoms with van der Waals surface area (Å²) in [6, 6.07) is 14.9. The molecule has 23 heavy (non-hydrogen) atoms. The molecule has 6 heteroatoms. The minimum Gasteiger partial charge on any atom is -0.322 e. The molecule has 0 atom stereocenters. The van der Waals surface area contributed by atoms with E-state index in [-0.39, 0.29) is 10.5 Å². The van der Waals surface area contributed by atoms with E-state index in [4.69, 9.17) is 0 Å². The number of benzene rings is 2. The summed E-state index contributed by atoms with van der Waals surface area (Å²) in [5.41, 5.74) is 1.97. The van der Waals surface area contributed by atoms with Crippen LogP contribution in [0, 0.1) is 0 Å². The first-order valence-electron chi connectivity index (χ1n) is 7.23. The first-order valence-corrected chi connectivity index (χ1v) is 8.71. The Morgan fingerprint density at radius 1 is 1.04 bits per heavy atom. The summed E-state index contributed by atoms with van der Waals surface area (Å²) >= 11 is 0. The van der Waals surface area contributed by atoms with Gasteiger partial charge in [0.25, 0.3) is 10.0 Å². The Balaban J connectivity index is 1.98. The molecule has 0 saturated heterocycles. The third kappa shape index (κ3) is 3.27. The van der Waals surface area contributed by atoms with Crippen LogP contribution in [0.4, 0.5) is 5.69 Å². The number of aryl methyl sites for hydroxylation is 1. The molecule has 118 valence electrons. The average molecular weight is 328 g/mol. The van der Waals surface area contributed by atoms with Gasteiger partial charge in [0, 0.05) is 17.3 Å². The van der Waals surface area contributed by atoms with Gasteiger partial charge in [-0.3, -0.25) is 9.52 Å². The van der Waals surface area contributed by atoms with Crippen molar-refractivity contribution in [3.05, 3.63) is 70.5 Å². The molecule has 3 rings (SSSR count). The van der Waals surface area contributed by atoms with Crippen LogP contribution in [0.25, 0.3) is 10.9 Å². The van der Waals surface area contributed by atoms with Crippen LogP contribution >= 0.6 is 0 Å². The highest BCUT2D eigenvalue weighted by atomic mass is 32.2. The van der Waals surface area contributed by atoms with E-state index in [2.05, 4.69) is 9.71 Å². The summed E-state index contributed by atoms with van der Waals surface area (Å²) in [5.74, 6) is 0. The van der Waals surface area contributed by atoms with Crippen molar-refractivity contribution in [2.24, 2.45) is 0 Å². The molecule has 0 spiro atoms. The second-order valence-corrected chi connectivity index (χ2v) is 6.91. The van der Waals surface area contributed by atoms with Gasteiger partial charge in [0.1, 0.15) is 0 Å². The first kappa shape index (κ1) is 15.3. The first-order chi connectivity index (χ1) is 11.0. The van der Waals surface area contributed by atoms with Crippen LogP contribution in [-0.4, -0.2) is 13.4 Å². The lowest BCUT2D eigenvalue weighted by Crippen LogP contribution is -2.13. The van der Waals surface area contributed by atoms with Gasteiger partial charge in [0.15, 0.2) is 0 Å². The van der Waals surface area contributed by atoms with Crippen molar-refractivity contribution in [1.29, 1.82) is 0 Å². The summed E-state index contributed by atoms with van der Waals surface area (Å²) in [7, 11) is -3.68. The van der Waals surface area contributed by atoms with E-state index in [1.165, 1.54) is 18.2 Å². The number of hydrogen-bond acceptors (Lipinski definition) is 3. The summed E-state index contributed by atoms with van der Waals surface area (Å²) in [5, 5.41) is 0.662. The van der Waals surface area contributed by atoms with E-state index in [0.717, 1.165) is 12.0 Å². The number of pyridine rings is 1. The number of aromatic nitrogens is 1. The summed E-state index contributed by atoms with van der Waals surface area (Å²) in [6.07, 6.45) is 0.832. The van der Waals surface area contributed by atoms with Crippen LogP contribution < -0.4 is 10.3 Å². The van der Waals surface area contributed by atoms with Crippen molar-refractivity contribution in [3.63, 3.8) is 0 Å². The molecule has 2 N–H and O–H groups in total. The maximum absolute atomic E-state index is 12.5. The lowest BCUT2D eigenvalue weighted by molar-refractivity contribution is 0.601. The second-order valence-electron chi connectivity index (χ2n) is 5.23. The SMILES string of the molecule is CCc1cccc(NS(=O)(=O)c2ccc3[nH]c(=O)ccc3c2)c1. The molecule has 0 fully saturated rings. The van der Waals surface area contributed by atoms with Crippen LogP contribution in [0.2, 0.25) is 0 Å². The number of aromatic amines is 1. The maximum atomic E-state index is 12.5. The Morgan fingerprint density at radius 3 is 2.65 bits per heavy atom. The lowest BCUT2D eigenvalue weighted by atomic mass is 10.1. The number of rotatable bonds is 4. The van der Waals surface area contributed by atoms with Crippen molar-refractivity contribution >= 4 is 26.6 Å². The molecule has 0 unspecified atom stereocenters. The number of nitrogens with one attached hydrogen (secondary N) is 2. The molecule has 0 amide bonds. The van der Waals surface area contributed by atoms with Crippen LogP contribution in [-0.2, 0) is 16.4 Å². The third-order valence-electron chi connectivity index (χ3n) is 3.59. The number of anilines is 1. The fraction of sp³-hybridized carbons (Fsp3) is 0.118. The fourth-order valence-corrected chi connectivity index (χ4v) is 3.45. The zero-order valence-electron chi connectivity index (χ0n) is 12.5. The van der Waals surface area contributed by atoms with Crippen molar-refractivity contribution in [2.45, 2.75) is 18.2 Å². The van der Waals surface area contributed by atoms with Crippen molar-refractivity contribution in [3.8, 4) is 0 Å². The molecule has 3 aromatic rings. The van der Waals surface area contributed by atoms with E-state index in [0.29, 0.717) is 16.6 Å². The second kappa shape index (κ2) is 5.89. The average Bonchev–Trinajstić information content (AvgIpc) is 2.54. The Labute approximate surface area is 134 Å². The summed E-state index contributed by atoms with van der Waals surface area (Å²) in [6.45, 7) is 2.01. The number of fused-ring (bicyclic) bond motifs is 1. The molecule has 1 heterocycles. The Morgan fingerprint density at radius 2 is 1.87 bits per heavy atom. The van der Waals surface area contributed by atoms with Gasteiger partial charge in [-0.1, -0.05) is 19.1 Å². The van der Waals surface area contributed by atoms with E-state index in [9.17, 15) is 13.2 Å². The Kier molecular flexibility index (Phi) is 3.92. The number of hydrogen-bond donors (Lipinski definition) is 2. The maximum Gasteiger partial charge on any atom is 0.261 e. The summed E-state index contributed by atoms with van der Waals surface area (Å²) in [4.78, 5) is 14.1. The predicted molar refractivity (Wildman–Crippen MR) is 91.2 cm³/mol. The van der Waals surface area contributed by atoms with Crippen LogP contribution in [0.5, 0.6) is 0 Å². The predicted octanol–water partition coefficient (Wildman–Crippen LogP) is 2.89. The van der Waals surface area contributed by atoms with E-state index >= 15 is 0 Å². The van der Waals surface area contributed by atoms with Gasteiger partial charge >= 0.3 is 0 Å². The highest BCUT2D eigenvalue weighted by Crippen LogP contribution is 2.20. The molecule has 0 aliphatic carbocycles. The van der Waals surface area contributed by atoms with Gasteiger partial charge < -0.3 is 4.98 Å². The van der Waals surface area contributed by atoms with Gasteiger partial charge in [-0.25, -0.2) is 8.42 Å². The monoisotopic (exact) mass is 328 g/mol. The topological polar surface area (TPSA) is 79.0 Å². The Hall–Kier alpha value is -2.60. The number of H-pyrrole nitrogens is 1. The molecule has 2 aromatic carbocycles. The molecule has 0 saturated carbocycles. The highest BCUT2D eigenvalue weighted by Gasteiger charge is 2.15. The van der Waals surface area contributed by atoms with E-state index in [1.54, 1.807) is 18.2 Å². The van der Waals surface area contributed by atoms with Crippen LogP contribution in [0.15, 0.2) is 64.3 Å². The van der Waals surface area contributed by atoms with Crippen molar-refractivity contribution in [1.82, 2.24) is 4.98 Å². The lowest BCUT2D eigenvalue weighted by Gasteiger charge is -2.10. The number of sulfonamides is 1. The quantitative estimate of drug-likeness (QED) is 0.773.